The number of aromatic nitrogens is 3. The van der Waals surface area contributed by atoms with Crippen LogP contribution in [0.3, 0.4) is 0 Å². The number of aliphatic hydroxyl groups excluding tert-OH is 3. The van der Waals surface area contributed by atoms with Crippen LogP contribution in [-0.2, 0) is 17.7 Å². The van der Waals surface area contributed by atoms with Gasteiger partial charge in [0.25, 0.3) is 0 Å². The minimum atomic E-state index is -1.12. The van der Waals surface area contributed by atoms with E-state index in [1.54, 1.807) is 0 Å². The normalized spacial score (nSPS) is 25.1. The fourth-order valence-corrected chi connectivity index (χ4v) is 4.12. The summed E-state index contributed by atoms with van der Waals surface area (Å²) < 4.78 is 7.64. The van der Waals surface area contributed by atoms with E-state index in [2.05, 4.69) is 23.0 Å². The van der Waals surface area contributed by atoms with Crippen LogP contribution >= 0.6 is 0 Å². The number of anilines is 1. The molecule has 0 radical (unpaired) electrons. The number of unbranched alkanes of at least 4 members (excludes halogenated alkanes) is 1. The average Bonchev–Trinajstić information content (AvgIpc) is 3.17. The minimum Gasteiger partial charge on any atom is -0.394 e. The van der Waals surface area contributed by atoms with Gasteiger partial charge in [-0.2, -0.15) is 0 Å². The first kappa shape index (κ1) is 19.1. The molecule has 8 nitrogen and oxygen atoms in total. The first-order valence-corrected chi connectivity index (χ1v) is 9.69. The summed E-state index contributed by atoms with van der Waals surface area (Å²) in [5, 5.41) is 31.6. The van der Waals surface area contributed by atoms with Crippen molar-refractivity contribution in [1.82, 2.24) is 14.5 Å². The highest BCUT2D eigenvalue weighted by molar-refractivity contribution is 6.12. The number of rotatable bonds is 6. The van der Waals surface area contributed by atoms with Crippen molar-refractivity contribution in [1.29, 1.82) is 0 Å². The van der Waals surface area contributed by atoms with Crippen LogP contribution in [0.4, 0.5) is 5.82 Å². The van der Waals surface area contributed by atoms with Gasteiger partial charge in [-0.05, 0) is 24.5 Å². The van der Waals surface area contributed by atoms with Gasteiger partial charge in [0.1, 0.15) is 42.2 Å². The van der Waals surface area contributed by atoms with Crippen molar-refractivity contribution in [2.75, 3.05) is 12.3 Å². The van der Waals surface area contributed by atoms with E-state index in [1.165, 1.54) is 11.9 Å². The molecule has 8 heteroatoms. The Morgan fingerprint density at radius 1 is 1.14 bits per heavy atom. The van der Waals surface area contributed by atoms with Crippen molar-refractivity contribution in [2.24, 2.45) is 0 Å². The Labute approximate surface area is 162 Å². The molecule has 0 aliphatic carbocycles. The van der Waals surface area contributed by atoms with Gasteiger partial charge in [-0.1, -0.05) is 25.5 Å². The molecule has 2 aromatic heterocycles. The van der Waals surface area contributed by atoms with Crippen LogP contribution in [0.5, 0.6) is 0 Å². The van der Waals surface area contributed by atoms with Crippen LogP contribution in [0.1, 0.15) is 25.3 Å². The van der Waals surface area contributed by atoms with Gasteiger partial charge in [0, 0.05) is 5.39 Å². The molecule has 4 atom stereocenters. The number of nitrogens with zero attached hydrogens (tertiary/aromatic N) is 3. The van der Waals surface area contributed by atoms with E-state index in [1.807, 2.05) is 16.7 Å². The highest BCUT2D eigenvalue weighted by Crippen LogP contribution is 2.35. The third-order valence-corrected chi connectivity index (χ3v) is 5.59. The predicted octanol–water partition coefficient (Wildman–Crippen LogP) is 0.991. The lowest BCUT2D eigenvalue weighted by Gasteiger charge is -2.17. The van der Waals surface area contributed by atoms with Crippen molar-refractivity contribution < 1.29 is 20.1 Å². The zero-order chi connectivity index (χ0) is 19.8. The lowest BCUT2D eigenvalue weighted by atomic mass is 10.0. The molecular formula is C20H26N4O4. The fraction of sp³-hybridized carbons (Fsp3) is 0.500. The van der Waals surface area contributed by atoms with Gasteiger partial charge in [-0.15, -0.1) is 0 Å². The molecule has 1 aromatic carbocycles. The molecule has 5 N–H and O–H groups in total. The summed E-state index contributed by atoms with van der Waals surface area (Å²) in [6, 6.07) is 6.09. The number of hydrogen-bond donors (Lipinski definition) is 4. The van der Waals surface area contributed by atoms with Gasteiger partial charge in [0.2, 0.25) is 0 Å². The smallest absolute Gasteiger partial charge is 0.146 e. The molecule has 1 aliphatic heterocycles. The van der Waals surface area contributed by atoms with Gasteiger partial charge < -0.3 is 30.4 Å². The number of nitrogens with two attached hydrogens (primary N) is 1. The standard InChI is InChI=1S/C20H26N4O4/c1-2-3-5-11-6-4-7-12-15(11)16-19(21)22-10-23-20(16)24(12)8-13-17(26)18(27)14(9-25)28-13/h4,6-7,10,13-14,17-18,25-27H,2-3,5,8-9H2,1H3,(H2,21,22,23)/t13-,14+,17-,18+/m0/s1. The van der Waals surface area contributed by atoms with Gasteiger partial charge in [-0.3, -0.25) is 0 Å². The van der Waals surface area contributed by atoms with Gasteiger partial charge in [0.15, 0.2) is 0 Å². The number of hydrogen-bond acceptors (Lipinski definition) is 7. The largest absolute Gasteiger partial charge is 0.394 e. The highest BCUT2D eigenvalue weighted by atomic mass is 16.6. The third-order valence-electron chi connectivity index (χ3n) is 5.59. The highest BCUT2D eigenvalue weighted by Gasteiger charge is 2.42. The molecule has 1 fully saturated rings. The molecule has 4 rings (SSSR count). The van der Waals surface area contributed by atoms with Gasteiger partial charge in [0.05, 0.1) is 24.1 Å². The average molecular weight is 386 g/mol. The van der Waals surface area contributed by atoms with E-state index in [9.17, 15) is 15.3 Å². The molecule has 0 bridgehead atoms. The molecular weight excluding hydrogens is 360 g/mol. The zero-order valence-corrected chi connectivity index (χ0v) is 15.8. The summed E-state index contributed by atoms with van der Waals surface area (Å²) in [6.07, 6.45) is 0.826. The van der Waals surface area contributed by atoms with Gasteiger partial charge in [-0.25, -0.2) is 9.97 Å². The Morgan fingerprint density at radius 3 is 2.64 bits per heavy atom. The Morgan fingerprint density at radius 2 is 1.93 bits per heavy atom. The number of aryl methyl sites for hydroxylation is 1. The summed E-state index contributed by atoms with van der Waals surface area (Å²) in [4.78, 5) is 8.62. The summed E-state index contributed by atoms with van der Waals surface area (Å²) in [7, 11) is 0. The van der Waals surface area contributed by atoms with Gasteiger partial charge >= 0.3 is 0 Å². The summed E-state index contributed by atoms with van der Waals surface area (Å²) >= 11 is 0. The predicted molar refractivity (Wildman–Crippen MR) is 106 cm³/mol. The van der Waals surface area contributed by atoms with Crippen LogP contribution in [-0.4, -0.2) is 60.9 Å². The number of fused-ring (bicyclic) bond motifs is 3. The summed E-state index contributed by atoms with van der Waals surface area (Å²) in [6.45, 7) is 2.09. The molecule has 0 amide bonds. The molecule has 0 spiro atoms. The van der Waals surface area contributed by atoms with Crippen molar-refractivity contribution >= 4 is 27.8 Å². The first-order chi connectivity index (χ1) is 13.6. The Hall–Kier alpha value is -2.26. The maximum absolute atomic E-state index is 10.4. The van der Waals surface area contributed by atoms with E-state index in [0.29, 0.717) is 11.5 Å². The van der Waals surface area contributed by atoms with Crippen molar-refractivity contribution in [3.8, 4) is 0 Å². The summed E-state index contributed by atoms with van der Waals surface area (Å²) in [5.41, 5.74) is 9.01. The van der Waals surface area contributed by atoms with E-state index < -0.39 is 24.4 Å². The van der Waals surface area contributed by atoms with Crippen LogP contribution in [0.2, 0.25) is 0 Å². The maximum Gasteiger partial charge on any atom is 0.146 e. The van der Waals surface area contributed by atoms with Crippen molar-refractivity contribution in [3.63, 3.8) is 0 Å². The third kappa shape index (κ3) is 3.02. The molecule has 150 valence electrons. The molecule has 3 aromatic rings. The Kier molecular flexibility index (Phi) is 5.20. The number of ether oxygens (including phenoxy) is 1. The lowest BCUT2D eigenvalue weighted by molar-refractivity contribution is -0.0259. The number of nitrogen functional groups attached to an aromatic ring is 1. The van der Waals surface area contributed by atoms with Crippen LogP contribution < -0.4 is 5.73 Å². The van der Waals surface area contributed by atoms with E-state index in [-0.39, 0.29) is 13.2 Å². The maximum atomic E-state index is 10.4. The van der Waals surface area contributed by atoms with E-state index >= 15 is 0 Å². The molecule has 3 heterocycles. The molecule has 1 saturated heterocycles. The molecule has 28 heavy (non-hydrogen) atoms. The Bertz CT molecular complexity index is 989. The lowest BCUT2D eigenvalue weighted by Crippen LogP contribution is -2.35. The fourth-order valence-electron chi connectivity index (χ4n) is 4.12. The SMILES string of the molecule is CCCCc1cccc2c1c1c(N)ncnc1n2C[C@@H]1O[C@H](CO)[C@@H](O)[C@H]1O. The second kappa shape index (κ2) is 7.63. The van der Waals surface area contributed by atoms with E-state index in [4.69, 9.17) is 10.5 Å². The van der Waals surface area contributed by atoms with Crippen LogP contribution in [0.15, 0.2) is 24.5 Å². The molecule has 0 unspecified atom stereocenters. The second-order valence-corrected chi connectivity index (χ2v) is 7.36. The second-order valence-electron chi connectivity index (χ2n) is 7.36. The first-order valence-electron chi connectivity index (χ1n) is 9.69. The quantitative estimate of drug-likeness (QED) is 0.497. The van der Waals surface area contributed by atoms with Crippen LogP contribution in [0.25, 0.3) is 21.9 Å². The zero-order valence-electron chi connectivity index (χ0n) is 15.8. The molecule has 1 aliphatic rings. The Balaban J connectivity index is 1.85. The monoisotopic (exact) mass is 386 g/mol. The number of aliphatic hydroxyl groups is 3. The molecule has 0 saturated carbocycles. The minimum absolute atomic E-state index is 0.280. The summed E-state index contributed by atoms with van der Waals surface area (Å²) in [5.74, 6) is 0.416. The van der Waals surface area contributed by atoms with Crippen molar-refractivity contribution in [3.05, 3.63) is 30.1 Å². The number of benzene rings is 1. The van der Waals surface area contributed by atoms with Crippen molar-refractivity contribution in [2.45, 2.75) is 57.1 Å². The topological polar surface area (TPSA) is 127 Å². The van der Waals surface area contributed by atoms with Crippen LogP contribution in [0, 0.1) is 0 Å². The van der Waals surface area contributed by atoms with E-state index in [0.717, 1.165) is 35.6 Å².